The predicted molar refractivity (Wildman–Crippen MR) is 40.9 cm³/mol. The molecule has 60 valence electrons. The number of Topliss-reactive ketones (excluding diaryl/α,β-unsaturated/α-hetero) is 1. The lowest BCUT2D eigenvalue weighted by Gasteiger charge is -2.26. The number of methoxy groups -OCH3 is 1. The number of carbonyl (C=O) groups excluding carboxylic acids is 1. The molecule has 2 nitrogen and oxygen atoms in total. The van der Waals surface area contributed by atoms with E-state index in [-0.39, 0.29) is 17.3 Å². The SMILES string of the molecule is CO[C@H](C(C)=O)C(C)(C)C. The van der Waals surface area contributed by atoms with E-state index in [0.717, 1.165) is 0 Å². The molecule has 0 rings (SSSR count). The molecule has 0 unspecified atom stereocenters. The Hall–Kier alpha value is -0.370. The van der Waals surface area contributed by atoms with Crippen LogP contribution in [0, 0.1) is 5.41 Å². The van der Waals surface area contributed by atoms with Crippen LogP contribution < -0.4 is 0 Å². The van der Waals surface area contributed by atoms with Gasteiger partial charge in [-0.2, -0.15) is 0 Å². The summed E-state index contributed by atoms with van der Waals surface area (Å²) in [4.78, 5) is 10.9. The van der Waals surface area contributed by atoms with Gasteiger partial charge in [0.1, 0.15) is 6.10 Å². The van der Waals surface area contributed by atoms with Gasteiger partial charge >= 0.3 is 0 Å². The summed E-state index contributed by atoms with van der Waals surface area (Å²) in [5.41, 5.74) is -0.0828. The van der Waals surface area contributed by atoms with E-state index in [1.807, 2.05) is 20.8 Å². The van der Waals surface area contributed by atoms with Crippen molar-refractivity contribution in [2.75, 3.05) is 7.11 Å². The van der Waals surface area contributed by atoms with Crippen molar-refractivity contribution in [1.82, 2.24) is 0 Å². The van der Waals surface area contributed by atoms with Gasteiger partial charge in [-0.25, -0.2) is 0 Å². The molecule has 0 saturated carbocycles. The lowest BCUT2D eigenvalue weighted by Crippen LogP contribution is -2.34. The molecule has 0 amide bonds. The number of rotatable bonds is 2. The highest BCUT2D eigenvalue weighted by atomic mass is 16.5. The number of carbonyl (C=O) groups is 1. The van der Waals surface area contributed by atoms with Crippen molar-refractivity contribution >= 4 is 5.78 Å². The van der Waals surface area contributed by atoms with Gasteiger partial charge < -0.3 is 4.74 Å². The Kier molecular flexibility index (Phi) is 3.03. The maximum Gasteiger partial charge on any atom is 0.159 e. The van der Waals surface area contributed by atoms with Gasteiger partial charge in [0, 0.05) is 7.11 Å². The first kappa shape index (κ1) is 9.63. The second kappa shape index (κ2) is 3.15. The highest BCUT2D eigenvalue weighted by molar-refractivity contribution is 5.81. The molecule has 0 aliphatic heterocycles. The largest absolute Gasteiger partial charge is 0.373 e. The Morgan fingerprint density at radius 3 is 1.80 bits per heavy atom. The molecular weight excluding hydrogens is 128 g/mol. The van der Waals surface area contributed by atoms with Crippen LogP contribution >= 0.6 is 0 Å². The Labute approximate surface area is 62.6 Å². The second-order valence-corrected chi connectivity index (χ2v) is 3.59. The van der Waals surface area contributed by atoms with Crippen LogP contribution in [0.5, 0.6) is 0 Å². The van der Waals surface area contributed by atoms with Crippen LogP contribution in [0.2, 0.25) is 0 Å². The summed E-state index contributed by atoms with van der Waals surface area (Å²) >= 11 is 0. The van der Waals surface area contributed by atoms with Gasteiger partial charge in [-0.05, 0) is 12.3 Å². The molecular formula is C8H16O2. The molecule has 0 aromatic carbocycles. The lowest BCUT2D eigenvalue weighted by molar-refractivity contribution is -0.132. The van der Waals surface area contributed by atoms with E-state index in [1.165, 1.54) is 0 Å². The van der Waals surface area contributed by atoms with Crippen molar-refractivity contribution in [3.05, 3.63) is 0 Å². The minimum absolute atomic E-state index is 0.0828. The first-order chi connectivity index (χ1) is 4.39. The smallest absolute Gasteiger partial charge is 0.159 e. The van der Waals surface area contributed by atoms with Crippen LogP contribution in [0.3, 0.4) is 0 Å². The number of hydrogen-bond acceptors (Lipinski definition) is 2. The Bertz CT molecular complexity index is 122. The van der Waals surface area contributed by atoms with Crippen molar-refractivity contribution in [2.45, 2.75) is 33.8 Å². The molecule has 0 saturated heterocycles. The molecule has 0 aliphatic carbocycles. The summed E-state index contributed by atoms with van der Waals surface area (Å²) in [6.07, 6.45) is -0.271. The molecule has 1 atom stereocenters. The van der Waals surface area contributed by atoms with E-state index >= 15 is 0 Å². The van der Waals surface area contributed by atoms with Gasteiger partial charge in [-0.15, -0.1) is 0 Å². The van der Waals surface area contributed by atoms with Crippen molar-refractivity contribution in [3.63, 3.8) is 0 Å². The highest BCUT2D eigenvalue weighted by Crippen LogP contribution is 2.21. The zero-order chi connectivity index (χ0) is 8.36. The standard InChI is InChI=1S/C8H16O2/c1-6(9)7(10-5)8(2,3)4/h7H,1-5H3/t7-/m1/s1. The Balaban J connectivity index is 4.22. The van der Waals surface area contributed by atoms with Crippen LogP contribution in [0.25, 0.3) is 0 Å². The summed E-state index contributed by atoms with van der Waals surface area (Å²) in [7, 11) is 1.57. The zero-order valence-corrected chi connectivity index (χ0v) is 7.39. The van der Waals surface area contributed by atoms with E-state index in [0.29, 0.717) is 0 Å². The van der Waals surface area contributed by atoms with Gasteiger partial charge in [0.2, 0.25) is 0 Å². The molecule has 0 aromatic rings. The normalized spacial score (nSPS) is 14.9. The third kappa shape index (κ3) is 2.48. The van der Waals surface area contributed by atoms with E-state index in [2.05, 4.69) is 0 Å². The third-order valence-corrected chi connectivity index (χ3v) is 1.39. The summed E-state index contributed by atoms with van der Waals surface area (Å²) in [5.74, 6) is 0.0926. The fourth-order valence-electron chi connectivity index (χ4n) is 1.13. The first-order valence-corrected chi connectivity index (χ1v) is 3.43. The molecule has 0 aliphatic rings. The fourth-order valence-corrected chi connectivity index (χ4v) is 1.13. The van der Waals surface area contributed by atoms with E-state index in [9.17, 15) is 4.79 Å². The van der Waals surface area contributed by atoms with Crippen LogP contribution in [0.1, 0.15) is 27.7 Å². The number of hydrogen-bond donors (Lipinski definition) is 0. The average molecular weight is 144 g/mol. The predicted octanol–water partition coefficient (Wildman–Crippen LogP) is 1.64. The van der Waals surface area contributed by atoms with Gasteiger partial charge in [0.25, 0.3) is 0 Å². The summed E-state index contributed by atoms with van der Waals surface area (Å²) in [5, 5.41) is 0. The minimum Gasteiger partial charge on any atom is -0.373 e. The molecule has 10 heavy (non-hydrogen) atoms. The van der Waals surface area contributed by atoms with Gasteiger partial charge in [0.05, 0.1) is 0 Å². The number of ether oxygens (including phenoxy) is 1. The summed E-state index contributed by atoms with van der Waals surface area (Å²) in [6.45, 7) is 7.52. The van der Waals surface area contributed by atoms with Crippen molar-refractivity contribution < 1.29 is 9.53 Å². The summed E-state index contributed by atoms with van der Waals surface area (Å²) < 4.78 is 5.03. The topological polar surface area (TPSA) is 26.3 Å². The Morgan fingerprint density at radius 2 is 1.80 bits per heavy atom. The second-order valence-electron chi connectivity index (χ2n) is 3.59. The van der Waals surface area contributed by atoms with Gasteiger partial charge in [-0.3, -0.25) is 4.79 Å². The van der Waals surface area contributed by atoms with Crippen LogP contribution in [-0.4, -0.2) is 19.0 Å². The van der Waals surface area contributed by atoms with Crippen molar-refractivity contribution in [3.8, 4) is 0 Å². The van der Waals surface area contributed by atoms with Gasteiger partial charge in [0.15, 0.2) is 5.78 Å². The molecule has 0 N–H and O–H groups in total. The van der Waals surface area contributed by atoms with Crippen molar-refractivity contribution in [2.24, 2.45) is 5.41 Å². The lowest BCUT2D eigenvalue weighted by atomic mass is 9.87. The third-order valence-electron chi connectivity index (χ3n) is 1.39. The van der Waals surface area contributed by atoms with Crippen LogP contribution in [-0.2, 0) is 9.53 Å². The maximum atomic E-state index is 10.9. The molecule has 0 aromatic heterocycles. The van der Waals surface area contributed by atoms with Crippen molar-refractivity contribution in [1.29, 1.82) is 0 Å². The maximum absolute atomic E-state index is 10.9. The van der Waals surface area contributed by atoms with Crippen LogP contribution in [0.4, 0.5) is 0 Å². The Morgan fingerprint density at radius 1 is 1.40 bits per heavy atom. The monoisotopic (exact) mass is 144 g/mol. The van der Waals surface area contributed by atoms with E-state index in [1.54, 1.807) is 14.0 Å². The van der Waals surface area contributed by atoms with Gasteiger partial charge in [-0.1, -0.05) is 20.8 Å². The molecule has 0 bridgehead atoms. The molecule has 0 radical (unpaired) electrons. The minimum atomic E-state index is -0.271. The van der Waals surface area contributed by atoms with E-state index < -0.39 is 0 Å². The average Bonchev–Trinajstić information content (AvgIpc) is 1.60. The molecule has 0 spiro atoms. The zero-order valence-electron chi connectivity index (χ0n) is 7.39. The molecule has 2 heteroatoms. The van der Waals surface area contributed by atoms with E-state index in [4.69, 9.17) is 4.74 Å². The quantitative estimate of drug-likeness (QED) is 0.589. The molecule has 0 fully saturated rings. The first-order valence-electron chi connectivity index (χ1n) is 3.43. The molecule has 0 heterocycles. The van der Waals surface area contributed by atoms with Crippen LogP contribution in [0.15, 0.2) is 0 Å². The highest BCUT2D eigenvalue weighted by Gasteiger charge is 2.27. The fraction of sp³-hybridized carbons (Fsp3) is 0.875. The summed E-state index contributed by atoms with van der Waals surface area (Å²) in [6, 6.07) is 0. The number of ketones is 1.